The van der Waals surface area contributed by atoms with Crippen molar-refractivity contribution < 1.29 is 4.79 Å². The zero-order valence-electron chi connectivity index (χ0n) is 12.3. The van der Waals surface area contributed by atoms with E-state index in [4.69, 9.17) is 0 Å². The Labute approximate surface area is 119 Å². The third kappa shape index (κ3) is 3.57. The van der Waals surface area contributed by atoms with Crippen molar-refractivity contribution >= 4 is 22.2 Å². The number of thiophene rings is 1. The van der Waals surface area contributed by atoms with Gasteiger partial charge in [0.05, 0.1) is 5.56 Å². The molecule has 0 unspecified atom stereocenters. The molecule has 0 aliphatic heterocycles. The van der Waals surface area contributed by atoms with Crippen molar-refractivity contribution in [1.29, 1.82) is 5.26 Å². The summed E-state index contributed by atoms with van der Waals surface area (Å²) in [6.07, 6.45) is 1.64. The van der Waals surface area contributed by atoms with Crippen LogP contribution >= 0.6 is 11.3 Å². The molecule has 0 aromatic carbocycles. The Bertz CT molecular complexity index is 487. The van der Waals surface area contributed by atoms with Gasteiger partial charge in [0.15, 0.2) is 0 Å². The highest BCUT2D eigenvalue weighted by Gasteiger charge is 2.24. The second kappa shape index (κ2) is 6.21. The molecule has 104 valence electrons. The Morgan fingerprint density at radius 3 is 2.42 bits per heavy atom. The average Bonchev–Trinajstić information content (AvgIpc) is 2.73. The number of hydrogen-bond donors (Lipinski definition) is 1. The van der Waals surface area contributed by atoms with E-state index in [-0.39, 0.29) is 17.2 Å². The number of carbonyl (C=O) groups is 1. The molecule has 0 saturated heterocycles. The summed E-state index contributed by atoms with van der Waals surface area (Å²) < 4.78 is 0. The molecule has 3 nitrogen and oxygen atoms in total. The zero-order valence-corrected chi connectivity index (χ0v) is 13.1. The first-order chi connectivity index (χ1) is 8.85. The van der Waals surface area contributed by atoms with E-state index in [1.807, 2.05) is 19.2 Å². The maximum absolute atomic E-state index is 12.1. The van der Waals surface area contributed by atoms with Gasteiger partial charge in [-0.2, -0.15) is 5.26 Å². The van der Waals surface area contributed by atoms with Crippen molar-refractivity contribution in [3.05, 3.63) is 16.5 Å². The second-order valence-electron chi connectivity index (χ2n) is 5.72. The molecule has 0 radical (unpaired) electrons. The number of nitriles is 1. The number of carbonyl (C=O) groups excluding carboxylic acids is 1. The average molecular weight is 278 g/mol. The third-order valence-electron chi connectivity index (χ3n) is 3.30. The van der Waals surface area contributed by atoms with Crippen molar-refractivity contribution in [3.63, 3.8) is 0 Å². The summed E-state index contributed by atoms with van der Waals surface area (Å²) >= 11 is 1.44. The molecular formula is C15H22N2OS. The van der Waals surface area contributed by atoms with Gasteiger partial charge in [-0.15, -0.1) is 11.3 Å². The van der Waals surface area contributed by atoms with Crippen LogP contribution in [0.3, 0.4) is 0 Å². The first-order valence-electron chi connectivity index (χ1n) is 6.68. The number of nitrogens with zero attached hydrogens (tertiary/aromatic N) is 1. The lowest BCUT2D eigenvalue weighted by atomic mass is 9.86. The summed E-state index contributed by atoms with van der Waals surface area (Å²) in [5, 5.41) is 14.9. The molecular weight excluding hydrogens is 256 g/mol. The summed E-state index contributed by atoms with van der Waals surface area (Å²) in [5.41, 5.74) is 1.52. The van der Waals surface area contributed by atoms with Gasteiger partial charge in [0.1, 0.15) is 11.1 Å². The second-order valence-corrected chi connectivity index (χ2v) is 6.60. The van der Waals surface area contributed by atoms with Crippen LogP contribution in [-0.4, -0.2) is 5.91 Å². The third-order valence-corrected chi connectivity index (χ3v) is 4.20. The van der Waals surface area contributed by atoms with Crippen molar-refractivity contribution in [2.45, 2.75) is 52.9 Å². The minimum Gasteiger partial charge on any atom is -0.316 e. The van der Waals surface area contributed by atoms with Gasteiger partial charge in [0.2, 0.25) is 5.91 Å². The van der Waals surface area contributed by atoms with Gasteiger partial charge in [-0.3, -0.25) is 4.79 Å². The molecule has 1 aromatic rings. The summed E-state index contributed by atoms with van der Waals surface area (Å²) in [6, 6.07) is 2.23. The fourth-order valence-electron chi connectivity index (χ4n) is 1.99. The highest BCUT2D eigenvalue weighted by atomic mass is 32.1. The van der Waals surface area contributed by atoms with E-state index in [0.717, 1.165) is 18.4 Å². The van der Waals surface area contributed by atoms with Crippen LogP contribution in [0.25, 0.3) is 0 Å². The van der Waals surface area contributed by atoms with E-state index in [9.17, 15) is 10.1 Å². The summed E-state index contributed by atoms with van der Waals surface area (Å²) in [5.74, 6) is 0.0375. The van der Waals surface area contributed by atoms with Crippen molar-refractivity contribution in [3.8, 4) is 6.07 Å². The van der Waals surface area contributed by atoms with Gasteiger partial charge in [-0.25, -0.2) is 0 Å². The summed E-state index contributed by atoms with van der Waals surface area (Å²) in [7, 11) is 0. The summed E-state index contributed by atoms with van der Waals surface area (Å²) in [4.78, 5) is 12.1. The maximum Gasteiger partial charge on any atom is 0.228 e. The molecule has 1 aromatic heterocycles. The largest absolute Gasteiger partial charge is 0.316 e. The number of rotatable bonds is 4. The van der Waals surface area contributed by atoms with Gasteiger partial charge in [0, 0.05) is 5.92 Å². The fourth-order valence-corrected chi connectivity index (χ4v) is 3.13. The van der Waals surface area contributed by atoms with E-state index >= 15 is 0 Å². The number of amides is 1. The molecule has 0 spiro atoms. The van der Waals surface area contributed by atoms with Crippen LogP contribution < -0.4 is 5.32 Å². The van der Waals surface area contributed by atoms with E-state index in [2.05, 4.69) is 32.2 Å². The molecule has 1 N–H and O–H groups in total. The predicted octanol–water partition coefficient (Wildman–Crippen LogP) is 4.29. The Hall–Kier alpha value is -1.34. The molecule has 1 amide bonds. The van der Waals surface area contributed by atoms with Crippen LogP contribution in [0.2, 0.25) is 0 Å². The lowest BCUT2D eigenvalue weighted by Gasteiger charge is -2.17. The standard InChI is InChI=1S/C15H22N2OS/c1-6-10(7-2)13(18)17-14-11(8-16)12(9-19-14)15(3,4)5/h9-10H,6-7H2,1-5H3,(H,17,18). The molecule has 1 rings (SSSR count). The Balaban J connectivity index is 3.01. The molecule has 1 heterocycles. The normalized spacial score (nSPS) is 11.4. The zero-order chi connectivity index (χ0) is 14.6. The highest BCUT2D eigenvalue weighted by Crippen LogP contribution is 2.35. The fraction of sp³-hybridized carbons (Fsp3) is 0.600. The number of anilines is 1. The molecule has 0 saturated carbocycles. The van der Waals surface area contributed by atoms with Crippen LogP contribution in [0, 0.1) is 17.2 Å². The Kier molecular flexibility index (Phi) is 5.13. The van der Waals surface area contributed by atoms with Crippen LogP contribution in [0.4, 0.5) is 5.00 Å². The lowest BCUT2D eigenvalue weighted by molar-refractivity contribution is -0.120. The number of hydrogen-bond acceptors (Lipinski definition) is 3. The molecule has 0 aliphatic carbocycles. The highest BCUT2D eigenvalue weighted by molar-refractivity contribution is 7.14. The van der Waals surface area contributed by atoms with Crippen LogP contribution in [0.1, 0.15) is 58.6 Å². The summed E-state index contributed by atoms with van der Waals surface area (Å²) in [6.45, 7) is 10.2. The van der Waals surface area contributed by atoms with E-state index in [1.165, 1.54) is 11.3 Å². The van der Waals surface area contributed by atoms with Crippen LogP contribution in [-0.2, 0) is 10.2 Å². The maximum atomic E-state index is 12.1. The monoisotopic (exact) mass is 278 g/mol. The van der Waals surface area contributed by atoms with Gasteiger partial charge < -0.3 is 5.32 Å². The minimum atomic E-state index is -0.0839. The quantitative estimate of drug-likeness (QED) is 0.893. The van der Waals surface area contributed by atoms with Gasteiger partial charge in [0.25, 0.3) is 0 Å². The van der Waals surface area contributed by atoms with E-state index in [1.54, 1.807) is 0 Å². The van der Waals surface area contributed by atoms with Crippen LogP contribution in [0.5, 0.6) is 0 Å². The molecule has 19 heavy (non-hydrogen) atoms. The van der Waals surface area contributed by atoms with Gasteiger partial charge in [-0.1, -0.05) is 34.6 Å². The van der Waals surface area contributed by atoms with Crippen molar-refractivity contribution in [1.82, 2.24) is 0 Å². The first-order valence-corrected chi connectivity index (χ1v) is 7.56. The lowest BCUT2D eigenvalue weighted by Crippen LogP contribution is -2.21. The van der Waals surface area contributed by atoms with Crippen LogP contribution in [0.15, 0.2) is 5.38 Å². The Morgan fingerprint density at radius 2 is 2.00 bits per heavy atom. The predicted molar refractivity (Wildman–Crippen MR) is 80.4 cm³/mol. The molecule has 0 aliphatic rings. The molecule has 0 fully saturated rings. The van der Waals surface area contributed by atoms with E-state index in [0.29, 0.717) is 10.6 Å². The molecule has 0 bridgehead atoms. The SMILES string of the molecule is CCC(CC)C(=O)Nc1scc(C(C)(C)C)c1C#N. The molecule has 0 atom stereocenters. The first kappa shape index (κ1) is 15.7. The number of nitrogens with one attached hydrogen (secondary N) is 1. The van der Waals surface area contributed by atoms with E-state index < -0.39 is 0 Å². The topological polar surface area (TPSA) is 52.9 Å². The minimum absolute atomic E-state index is 0.0174. The van der Waals surface area contributed by atoms with Crippen molar-refractivity contribution in [2.75, 3.05) is 5.32 Å². The molecule has 4 heteroatoms. The van der Waals surface area contributed by atoms with Gasteiger partial charge >= 0.3 is 0 Å². The van der Waals surface area contributed by atoms with Crippen molar-refractivity contribution in [2.24, 2.45) is 5.92 Å². The Morgan fingerprint density at radius 1 is 1.42 bits per heavy atom. The van der Waals surface area contributed by atoms with Gasteiger partial charge in [-0.05, 0) is 29.2 Å². The smallest absolute Gasteiger partial charge is 0.228 e.